The Morgan fingerprint density at radius 1 is 0.656 bits per heavy atom. The molecule has 0 radical (unpaired) electrons. The van der Waals surface area contributed by atoms with Gasteiger partial charge >= 0.3 is 11.9 Å². The third kappa shape index (κ3) is 5.44. The Labute approximate surface area is 190 Å². The predicted molar refractivity (Wildman–Crippen MR) is 127 cm³/mol. The highest BCUT2D eigenvalue weighted by molar-refractivity contribution is 5.93. The summed E-state index contributed by atoms with van der Waals surface area (Å²) in [6.45, 7) is 6.22. The number of ether oxygens (including phenoxy) is 2. The SMILES string of the molecule is CCCc1cc(CCC)c(OC(=O)c2ccccc2)c(OC(=O)c2ccccc2)c1CC. The summed E-state index contributed by atoms with van der Waals surface area (Å²) in [5.74, 6) is -0.222. The van der Waals surface area contributed by atoms with Crippen LogP contribution < -0.4 is 9.47 Å². The van der Waals surface area contributed by atoms with Crippen LogP contribution in [0.4, 0.5) is 0 Å². The highest BCUT2D eigenvalue weighted by Crippen LogP contribution is 2.40. The topological polar surface area (TPSA) is 52.6 Å². The lowest BCUT2D eigenvalue weighted by molar-refractivity contribution is 0.0679. The molecule has 0 aliphatic rings. The van der Waals surface area contributed by atoms with E-state index in [0.717, 1.165) is 36.0 Å². The molecule has 3 aromatic rings. The Morgan fingerprint density at radius 3 is 1.59 bits per heavy atom. The molecule has 0 saturated carbocycles. The fraction of sp³-hybridized carbons (Fsp3) is 0.286. The molecule has 0 aliphatic heterocycles. The molecular formula is C28H30O4. The Balaban J connectivity index is 2.12. The summed E-state index contributed by atoms with van der Waals surface area (Å²) in [7, 11) is 0. The van der Waals surface area contributed by atoms with E-state index in [2.05, 4.69) is 19.9 Å². The number of carbonyl (C=O) groups is 2. The van der Waals surface area contributed by atoms with Crippen LogP contribution in [0.1, 0.15) is 71.0 Å². The minimum atomic E-state index is -0.467. The Morgan fingerprint density at radius 2 is 1.12 bits per heavy atom. The third-order valence-corrected chi connectivity index (χ3v) is 5.31. The molecule has 3 aromatic carbocycles. The Bertz CT molecular complexity index is 1060. The van der Waals surface area contributed by atoms with Gasteiger partial charge in [-0.1, -0.05) is 76.1 Å². The first-order valence-electron chi connectivity index (χ1n) is 11.3. The highest BCUT2D eigenvalue weighted by atomic mass is 16.6. The van der Waals surface area contributed by atoms with Crippen LogP contribution in [0.5, 0.6) is 11.5 Å². The molecule has 0 N–H and O–H groups in total. The monoisotopic (exact) mass is 430 g/mol. The first-order valence-corrected chi connectivity index (χ1v) is 11.3. The average molecular weight is 431 g/mol. The zero-order chi connectivity index (χ0) is 22.9. The van der Waals surface area contributed by atoms with Gasteiger partial charge in [-0.25, -0.2) is 9.59 Å². The maximum atomic E-state index is 13.0. The van der Waals surface area contributed by atoms with Crippen molar-refractivity contribution in [2.24, 2.45) is 0 Å². The maximum absolute atomic E-state index is 13.0. The molecule has 0 atom stereocenters. The van der Waals surface area contributed by atoms with Crippen molar-refractivity contribution in [3.63, 3.8) is 0 Å². The molecule has 0 saturated heterocycles. The first-order chi connectivity index (χ1) is 15.6. The minimum absolute atomic E-state index is 0.349. The summed E-state index contributed by atoms with van der Waals surface area (Å²) in [5, 5.41) is 0. The molecule has 0 heterocycles. The van der Waals surface area contributed by atoms with Crippen molar-refractivity contribution < 1.29 is 19.1 Å². The van der Waals surface area contributed by atoms with Gasteiger partial charge in [0.25, 0.3) is 0 Å². The summed E-state index contributed by atoms with van der Waals surface area (Å²) in [5.41, 5.74) is 3.83. The van der Waals surface area contributed by atoms with E-state index in [0.29, 0.717) is 35.5 Å². The number of carbonyl (C=O) groups excluding carboxylic acids is 2. The second-order valence-corrected chi connectivity index (χ2v) is 7.70. The number of rotatable bonds is 9. The van der Waals surface area contributed by atoms with Crippen LogP contribution >= 0.6 is 0 Å². The fourth-order valence-corrected chi connectivity index (χ4v) is 3.80. The summed E-state index contributed by atoms with van der Waals surface area (Å²) in [6.07, 6.45) is 4.08. The minimum Gasteiger partial charge on any atom is -0.419 e. The van der Waals surface area contributed by atoms with Crippen LogP contribution in [0, 0.1) is 0 Å². The normalized spacial score (nSPS) is 10.6. The van der Waals surface area contributed by atoms with Crippen LogP contribution in [-0.4, -0.2) is 11.9 Å². The van der Waals surface area contributed by atoms with E-state index < -0.39 is 11.9 Å². The molecule has 32 heavy (non-hydrogen) atoms. The lowest BCUT2D eigenvalue weighted by Gasteiger charge is -2.21. The van der Waals surface area contributed by atoms with Gasteiger partial charge < -0.3 is 9.47 Å². The van der Waals surface area contributed by atoms with Crippen molar-refractivity contribution in [2.75, 3.05) is 0 Å². The van der Waals surface area contributed by atoms with Gasteiger partial charge in [-0.3, -0.25) is 0 Å². The average Bonchev–Trinajstić information content (AvgIpc) is 2.82. The molecule has 0 aromatic heterocycles. The number of hydrogen-bond donors (Lipinski definition) is 0. The van der Waals surface area contributed by atoms with Gasteiger partial charge in [0.1, 0.15) is 0 Å². The van der Waals surface area contributed by atoms with Gasteiger partial charge in [0.05, 0.1) is 11.1 Å². The zero-order valence-electron chi connectivity index (χ0n) is 19.0. The van der Waals surface area contributed by atoms with E-state index >= 15 is 0 Å². The molecule has 0 unspecified atom stereocenters. The van der Waals surface area contributed by atoms with E-state index in [9.17, 15) is 9.59 Å². The number of benzene rings is 3. The number of esters is 2. The summed E-state index contributed by atoms with van der Waals surface area (Å²) in [4.78, 5) is 25.9. The molecular weight excluding hydrogens is 400 g/mol. The molecule has 166 valence electrons. The molecule has 4 heteroatoms. The van der Waals surface area contributed by atoms with Crippen LogP contribution in [0.25, 0.3) is 0 Å². The molecule has 0 fully saturated rings. The first kappa shape index (κ1) is 23.3. The van der Waals surface area contributed by atoms with E-state index in [1.807, 2.05) is 19.1 Å². The van der Waals surface area contributed by atoms with E-state index in [1.54, 1.807) is 48.5 Å². The zero-order valence-corrected chi connectivity index (χ0v) is 19.0. The van der Waals surface area contributed by atoms with E-state index in [4.69, 9.17) is 9.47 Å². The Hall–Kier alpha value is -3.40. The second-order valence-electron chi connectivity index (χ2n) is 7.70. The van der Waals surface area contributed by atoms with Gasteiger partial charge in [-0.15, -0.1) is 0 Å². The Kier molecular flexibility index (Phi) is 8.20. The third-order valence-electron chi connectivity index (χ3n) is 5.31. The van der Waals surface area contributed by atoms with Gasteiger partial charge in [0.2, 0.25) is 0 Å². The van der Waals surface area contributed by atoms with Crippen molar-refractivity contribution in [3.05, 3.63) is 94.5 Å². The van der Waals surface area contributed by atoms with Crippen LogP contribution in [0.3, 0.4) is 0 Å². The molecule has 3 rings (SSSR count). The van der Waals surface area contributed by atoms with Crippen LogP contribution in [0.2, 0.25) is 0 Å². The number of aryl methyl sites for hydroxylation is 2. The molecule has 4 nitrogen and oxygen atoms in total. The van der Waals surface area contributed by atoms with Crippen LogP contribution in [0.15, 0.2) is 66.7 Å². The summed E-state index contributed by atoms with van der Waals surface area (Å²) in [6, 6.07) is 19.8. The molecule has 0 bridgehead atoms. The van der Waals surface area contributed by atoms with Gasteiger partial charge in [0, 0.05) is 5.56 Å². The highest BCUT2D eigenvalue weighted by Gasteiger charge is 2.24. The summed E-state index contributed by atoms with van der Waals surface area (Å²) >= 11 is 0. The largest absolute Gasteiger partial charge is 0.419 e. The van der Waals surface area contributed by atoms with Crippen molar-refractivity contribution >= 4 is 11.9 Å². The maximum Gasteiger partial charge on any atom is 0.343 e. The van der Waals surface area contributed by atoms with E-state index in [1.165, 1.54) is 0 Å². The number of hydrogen-bond acceptors (Lipinski definition) is 4. The predicted octanol–water partition coefficient (Wildman–Crippen LogP) is 6.59. The van der Waals surface area contributed by atoms with Gasteiger partial charge in [0.15, 0.2) is 11.5 Å². The van der Waals surface area contributed by atoms with Gasteiger partial charge in [-0.05, 0) is 54.7 Å². The molecule has 0 spiro atoms. The van der Waals surface area contributed by atoms with Crippen LogP contribution in [-0.2, 0) is 19.3 Å². The standard InChI is InChI=1S/C28H30O4/c1-4-13-22-19-23(14-5-2)25(31-27(29)20-15-9-7-10-16-20)26(24(22)6-3)32-28(30)21-17-11-8-12-18-21/h7-12,15-19H,4-6,13-14H2,1-3H3. The second kappa shape index (κ2) is 11.3. The van der Waals surface area contributed by atoms with Crippen molar-refractivity contribution in [1.82, 2.24) is 0 Å². The lowest BCUT2D eigenvalue weighted by Crippen LogP contribution is -2.16. The quantitative estimate of drug-likeness (QED) is 0.284. The summed E-state index contributed by atoms with van der Waals surface area (Å²) < 4.78 is 11.9. The molecule has 0 aliphatic carbocycles. The lowest BCUT2D eigenvalue weighted by atomic mass is 9.94. The molecule has 0 amide bonds. The van der Waals surface area contributed by atoms with Crippen molar-refractivity contribution in [2.45, 2.75) is 52.9 Å². The smallest absolute Gasteiger partial charge is 0.343 e. The fourth-order valence-electron chi connectivity index (χ4n) is 3.80. The van der Waals surface area contributed by atoms with Gasteiger partial charge in [-0.2, -0.15) is 0 Å². The van der Waals surface area contributed by atoms with E-state index in [-0.39, 0.29) is 0 Å². The van der Waals surface area contributed by atoms with Crippen molar-refractivity contribution in [3.8, 4) is 11.5 Å². The van der Waals surface area contributed by atoms with Crippen molar-refractivity contribution in [1.29, 1.82) is 0 Å².